The van der Waals surface area contributed by atoms with E-state index in [1.165, 1.54) is 21.2 Å². The van der Waals surface area contributed by atoms with E-state index in [-0.39, 0.29) is 10.8 Å². The Morgan fingerprint density at radius 1 is 1.11 bits per heavy atom. The van der Waals surface area contributed by atoms with E-state index in [9.17, 15) is 18.0 Å². The molecule has 2 aromatic heterocycles. The van der Waals surface area contributed by atoms with Gasteiger partial charge < -0.3 is 10.1 Å². The number of hydrogen-bond donors (Lipinski definition) is 1. The predicted molar refractivity (Wildman–Crippen MR) is 149 cm³/mol. The van der Waals surface area contributed by atoms with Crippen molar-refractivity contribution in [1.29, 1.82) is 0 Å². The van der Waals surface area contributed by atoms with Crippen molar-refractivity contribution in [3.63, 3.8) is 0 Å². The monoisotopic (exact) mass is 573 g/mol. The molecule has 0 radical (unpaired) electrons. The first-order valence-electron chi connectivity index (χ1n) is 12.8. The summed E-state index contributed by atoms with van der Waals surface area (Å²) >= 11 is 2.54. The Labute approximate surface area is 231 Å². The fourth-order valence-corrected chi connectivity index (χ4v) is 9.17. The van der Waals surface area contributed by atoms with Gasteiger partial charge in [0.1, 0.15) is 15.3 Å². The smallest absolute Gasteiger partial charge is 0.341 e. The van der Waals surface area contributed by atoms with Crippen molar-refractivity contribution in [2.75, 3.05) is 25.0 Å². The number of piperidine rings is 1. The Bertz CT molecular complexity index is 1390. The summed E-state index contributed by atoms with van der Waals surface area (Å²) in [6.45, 7) is 4.52. The summed E-state index contributed by atoms with van der Waals surface area (Å²) in [6.07, 6.45) is 2.56. The number of amides is 1. The van der Waals surface area contributed by atoms with Gasteiger partial charge in [-0.05, 0) is 48.8 Å². The van der Waals surface area contributed by atoms with Crippen molar-refractivity contribution in [3.05, 3.63) is 69.4 Å². The Morgan fingerprint density at radius 2 is 1.92 bits per heavy atom. The molecule has 1 amide bonds. The number of esters is 1. The standard InChI is InChI=1S/C27H31N3O5S3/c1-2-35-27(32)24-20-13-15-29(17-19-9-4-3-5-10-19)18-22(20)37-26(24)28-25(31)21-11-6-7-14-30(21)38(33,34)23-12-8-16-36-23/h3-5,8-10,12,16,21H,2,6-7,11,13-15,17-18H2,1H3,(H,28,31). The van der Waals surface area contributed by atoms with Crippen LogP contribution in [0.5, 0.6) is 0 Å². The molecule has 2 aliphatic rings. The van der Waals surface area contributed by atoms with Crippen molar-refractivity contribution in [2.45, 2.75) is 55.9 Å². The van der Waals surface area contributed by atoms with Gasteiger partial charge in [-0.2, -0.15) is 4.31 Å². The maximum atomic E-state index is 13.6. The van der Waals surface area contributed by atoms with Gasteiger partial charge in [-0.3, -0.25) is 9.69 Å². The molecule has 4 heterocycles. The number of nitrogens with one attached hydrogen (secondary N) is 1. The summed E-state index contributed by atoms with van der Waals surface area (Å²) < 4.78 is 33.5. The summed E-state index contributed by atoms with van der Waals surface area (Å²) in [4.78, 5) is 29.9. The van der Waals surface area contributed by atoms with E-state index in [0.717, 1.165) is 41.3 Å². The fraction of sp³-hybridized carbons (Fsp3) is 0.407. The molecule has 0 bridgehead atoms. The van der Waals surface area contributed by atoms with E-state index in [1.807, 2.05) is 18.2 Å². The van der Waals surface area contributed by atoms with E-state index in [4.69, 9.17) is 4.74 Å². The highest BCUT2D eigenvalue weighted by Crippen LogP contribution is 2.39. The van der Waals surface area contributed by atoms with E-state index in [0.29, 0.717) is 42.9 Å². The van der Waals surface area contributed by atoms with Crippen LogP contribution < -0.4 is 5.32 Å². The van der Waals surface area contributed by atoms with E-state index >= 15 is 0 Å². The third kappa shape index (κ3) is 5.57. The summed E-state index contributed by atoms with van der Waals surface area (Å²) in [5, 5.41) is 5.11. The number of thiophene rings is 2. The number of sulfonamides is 1. The maximum Gasteiger partial charge on any atom is 0.341 e. The van der Waals surface area contributed by atoms with Gasteiger partial charge in [-0.25, -0.2) is 13.2 Å². The number of fused-ring (bicyclic) bond motifs is 1. The first-order chi connectivity index (χ1) is 18.4. The van der Waals surface area contributed by atoms with E-state index < -0.39 is 27.9 Å². The van der Waals surface area contributed by atoms with Gasteiger partial charge in [0.05, 0.1) is 12.2 Å². The summed E-state index contributed by atoms with van der Waals surface area (Å²) in [5.74, 6) is -0.862. The summed E-state index contributed by atoms with van der Waals surface area (Å²) in [6, 6.07) is 12.7. The lowest BCUT2D eigenvalue weighted by molar-refractivity contribution is -0.120. The topological polar surface area (TPSA) is 96.0 Å². The number of benzene rings is 1. The quantitative estimate of drug-likeness (QED) is 0.392. The Hall–Kier alpha value is -2.57. The van der Waals surface area contributed by atoms with Crippen LogP contribution in [0.25, 0.3) is 0 Å². The molecule has 11 heteroatoms. The number of anilines is 1. The van der Waals surface area contributed by atoms with Crippen molar-refractivity contribution in [3.8, 4) is 0 Å². The van der Waals surface area contributed by atoms with E-state index in [1.54, 1.807) is 24.4 Å². The highest BCUT2D eigenvalue weighted by Gasteiger charge is 2.39. The molecule has 8 nitrogen and oxygen atoms in total. The summed E-state index contributed by atoms with van der Waals surface area (Å²) in [5.41, 5.74) is 2.54. The molecule has 1 unspecified atom stereocenters. The molecule has 2 aliphatic heterocycles. The third-order valence-corrected chi connectivity index (χ3v) is 11.3. The second kappa shape index (κ2) is 11.7. The first kappa shape index (κ1) is 27.0. The molecule has 1 aromatic carbocycles. The van der Waals surface area contributed by atoms with Gasteiger partial charge in [0.25, 0.3) is 10.0 Å². The second-order valence-electron chi connectivity index (χ2n) is 9.42. The molecule has 202 valence electrons. The van der Waals surface area contributed by atoms with E-state index in [2.05, 4.69) is 22.3 Å². The number of carbonyl (C=O) groups is 2. The van der Waals surface area contributed by atoms with Crippen LogP contribution in [0, 0.1) is 0 Å². The highest BCUT2D eigenvalue weighted by atomic mass is 32.2. The molecule has 1 saturated heterocycles. The van der Waals surface area contributed by atoms with Crippen molar-refractivity contribution in [2.24, 2.45) is 0 Å². The van der Waals surface area contributed by atoms with Crippen LogP contribution in [0.1, 0.15) is 52.5 Å². The van der Waals surface area contributed by atoms with Gasteiger partial charge in [-0.15, -0.1) is 22.7 Å². The third-order valence-electron chi connectivity index (χ3n) is 6.92. The van der Waals surface area contributed by atoms with Gasteiger partial charge in [-0.1, -0.05) is 42.8 Å². The van der Waals surface area contributed by atoms with Crippen LogP contribution in [0.15, 0.2) is 52.1 Å². The van der Waals surface area contributed by atoms with Crippen LogP contribution in [0.3, 0.4) is 0 Å². The SMILES string of the molecule is CCOC(=O)c1c(NC(=O)C2CCCCN2S(=O)(=O)c2cccs2)sc2c1CCN(Cc1ccccc1)C2. The molecular formula is C27H31N3O5S3. The average Bonchev–Trinajstić information content (AvgIpc) is 3.58. The number of nitrogens with zero attached hydrogens (tertiary/aromatic N) is 2. The molecular weight excluding hydrogens is 543 g/mol. The molecule has 0 spiro atoms. The molecule has 38 heavy (non-hydrogen) atoms. The largest absolute Gasteiger partial charge is 0.462 e. The predicted octanol–water partition coefficient (Wildman–Crippen LogP) is 4.73. The van der Waals surface area contributed by atoms with Gasteiger partial charge >= 0.3 is 5.97 Å². The minimum atomic E-state index is -3.78. The zero-order valence-corrected chi connectivity index (χ0v) is 23.7. The molecule has 0 saturated carbocycles. The number of rotatable bonds is 8. The Kier molecular flexibility index (Phi) is 8.29. The van der Waals surface area contributed by atoms with Crippen LogP contribution >= 0.6 is 22.7 Å². The zero-order valence-electron chi connectivity index (χ0n) is 21.2. The van der Waals surface area contributed by atoms with Gasteiger partial charge in [0.2, 0.25) is 5.91 Å². The maximum absolute atomic E-state index is 13.6. The lowest BCUT2D eigenvalue weighted by Gasteiger charge is -2.33. The average molecular weight is 574 g/mol. The normalized spacial score (nSPS) is 18.6. The fourth-order valence-electron chi connectivity index (χ4n) is 5.12. The molecule has 1 fully saturated rings. The number of ether oxygens (including phenoxy) is 1. The number of carbonyl (C=O) groups excluding carboxylic acids is 2. The van der Waals surface area contributed by atoms with Gasteiger partial charge in [0, 0.05) is 31.1 Å². The first-order valence-corrected chi connectivity index (χ1v) is 16.0. The second-order valence-corrected chi connectivity index (χ2v) is 13.6. The molecule has 1 atom stereocenters. The zero-order chi connectivity index (χ0) is 26.7. The van der Waals surface area contributed by atoms with Crippen LogP contribution in [0.2, 0.25) is 0 Å². The minimum Gasteiger partial charge on any atom is -0.462 e. The molecule has 3 aromatic rings. The van der Waals surface area contributed by atoms with Crippen LogP contribution in [0.4, 0.5) is 5.00 Å². The Balaban J connectivity index is 1.40. The van der Waals surface area contributed by atoms with Gasteiger partial charge in [0.15, 0.2) is 0 Å². The lowest BCUT2D eigenvalue weighted by Crippen LogP contribution is -2.49. The van der Waals surface area contributed by atoms with Crippen molar-refractivity contribution >= 4 is 49.6 Å². The molecule has 1 N–H and O–H groups in total. The van der Waals surface area contributed by atoms with Crippen molar-refractivity contribution < 1.29 is 22.7 Å². The number of hydrogen-bond acceptors (Lipinski definition) is 8. The minimum absolute atomic E-state index is 0.229. The molecule has 5 rings (SSSR count). The highest BCUT2D eigenvalue weighted by molar-refractivity contribution is 7.91. The summed E-state index contributed by atoms with van der Waals surface area (Å²) in [7, 11) is -3.78. The van der Waals surface area contributed by atoms with Crippen molar-refractivity contribution in [1.82, 2.24) is 9.21 Å². The van der Waals surface area contributed by atoms with Crippen LogP contribution in [-0.2, 0) is 39.1 Å². The molecule has 0 aliphatic carbocycles. The lowest BCUT2D eigenvalue weighted by atomic mass is 10.0. The van der Waals surface area contributed by atoms with Crippen LogP contribution in [-0.4, -0.2) is 55.2 Å². The Morgan fingerprint density at radius 3 is 2.66 bits per heavy atom.